The molecular weight excluding hydrogens is 312 g/mol. The zero-order valence-electron chi connectivity index (χ0n) is 12.9. The molecule has 2 aromatic heterocycles. The van der Waals surface area contributed by atoms with Crippen LogP contribution in [0.15, 0.2) is 34.7 Å². The average molecular weight is 326 g/mol. The normalized spacial score (nSPS) is 13.0. The summed E-state index contributed by atoms with van der Waals surface area (Å²) >= 11 is 0. The first-order valence-electron chi connectivity index (χ1n) is 7.46. The van der Waals surface area contributed by atoms with E-state index in [-0.39, 0.29) is 12.3 Å². The molecule has 0 unspecified atom stereocenters. The molecule has 0 aliphatic carbocycles. The van der Waals surface area contributed by atoms with Crippen LogP contribution < -0.4 is 9.47 Å². The smallest absolute Gasteiger partial charge is 0.240 e. The fourth-order valence-electron chi connectivity index (χ4n) is 2.40. The number of aryl methyl sites for hydroxylation is 1. The van der Waals surface area contributed by atoms with Crippen molar-refractivity contribution in [3.8, 4) is 23.1 Å². The SMILES string of the molecule is Cc1ccc(-c2nnn(CC(=O)c3ccc4c(c3)OCCO4)n2)o1. The quantitative estimate of drug-likeness (QED) is 0.676. The zero-order valence-corrected chi connectivity index (χ0v) is 12.9. The second-order valence-electron chi connectivity index (χ2n) is 5.34. The molecule has 122 valence electrons. The Balaban J connectivity index is 1.51. The average Bonchev–Trinajstić information content (AvgIpc) is 3.23. The number of furan rings is 1. The number of fused-ring (bicyclic) bond motifs is 1. The minimum absolute atomic E-state index is 0.0215. The summed E-state index contributed by atoms with van der Waals surface area (Å²) in [5, 5.41) is 12.0. The maximum absolute atomic E-state index is 12.4. The summed E-state index contributed by atoms with van der Waals surface area (Å²) in [5.74, 6) is 2.70. The number of benzene rings is 1. The minimum Gasteiger partial charge on any atom is -0.486 e. The number of Topliss-reactive ketones (excluding diaryl/α,β-unsaturated/α-hetero) is 1. The maximum atomic E-state index is 12.4. The number of ether oxygens (including phenoxy) is 2. The van der Waals surface area contributed by atoms with Gasteiger partial charge < -0.3 is 13.9 Å². The molecule has 1 aliphatic heterocycles. The molecule has 8 nitrogen and oxygen atoms in total. The summed E-state index contributed by atoms with van der Waals surface area (Å²) < 4.78 is 16.4. The first kappa shape index (κ1) is 14.4. The van der Waals surface area contributed by atoms with Gasteiger partial charge in [-0.15, -0.1) is 10.2 Å². The Hall–Kier alpha value is -3.16. The lowest BCUT2D eigenvalue weighted by atomic mass is 10.1. The number of aromatic nitrogens is 4. The minimum atomic E-state index is -0.147. The van der Waals surface area contributed by atoms with Crippen LogP contribution in [0.3, 0.4) is 0 Å². The number of rotatable bonds is 4. The van der Waals surface area contributed by atoms with Gasteiger partial charge in [0.05, 0.1) is 0 Å². The Bertz CT molecular complexity index is 899. The van der Waals surface area contributed by atoms with Gasteiger partial charge in [0.2, 0.25) is 5.82 Å². The highest BCUT2D eigenvalue weighted by Crippen LogP contribution is 2.30. The third kappa shape index (κ3) is 2.73. The predicted molar refractivity (Wildman–Crippen MR) is 82.0 cm³/mol. The molecule has 0 fully saturated rings. The van der Waals surface area contributed by atoms with Gasteiger partial charge in [-0.25, -0.2) is 0 Å². The second kappa shape index (κ2) is 5.80. The van der Waals surface area contributed by atoms with Crippen LogP contribution in [-0.4, -0.2) is 39.2 Å². The van der Waals surface area contributed by atoms with E-state index in [1.807, 2.05) is 13.0 Å². The Morgan fingerprint density at radius 2 is 2.00 bits per heavy atom. The van der Waals surface area contributed by atoms with Crippen molar-refractivity contribution in [1.29, 1.82) is 0 Å². The predicted octanol–water partition coefficient (Wildman–Crippen LogP) is 1.90. The summed E-state index contributed by atoms with van der Waals surface area (Å²) in [6.45, 7) is 2.80. The number of carbonyl (C=O) groups excluding carboxylic acids is 1. The topological polar surface area (TPSA) is 92.3 Å². The summed E-state index contributed by atoms with van der Waals surface area (Å²) in [6, 6.07) is 8.68. The third-order valence-electron chi connectivity index (χ3n) is 3.56. The Kier molecular flexibility index (Phi) is 3.49. The molecule has 0 bridgehead atoms. The van der Waals surface area contributed by atoms with E-state index in [1.54, 1.807) is 24.3 Å². The van der Waals surface area contributed by atoms with Gasteiger partial charge in [-0.05, 0) is 42.5 Å². The fourth-order valence-corrected chi connectivity index (χ4v) is 2.40. The second-order valence-corrected chi connectivity index (χ2v) is 5.34. The molecule has 3 aromatic rings. The first-order chi connectivity index (χ1) is 11.7. The molecule has 0 spiro atoms. The van der Waals surface area contributed by atoms with Crippen LogP contribution in [0.5, 0.6) is 11.5 Å². The molecule has 0 atom stereocenters. The van der Waals surface area contributed by atoms with Crippen LogP contribution in [0, 0.1) is 6.92 Å². The van der Waals surface area contributed by atoms with E-state index in [0.717, 1.165) is 5.76 Å². The highest BCUT2D eigenvalue weighted by molar-refractivity contribution is 5.96. The summed E-state index contributed by atoms with van der Waals surface area (Å²) in [6.07, 6.45) is 0. The van der Waals surface area contributed by atoms with Crippen molar-refractivity contribution in [2.45, 2.75) is 13.5 Å². The number of nitrogens with zero attached hydrogens (tertiary/aromatic N) is 4. The highest BCUT2D eigenvalue weighted by atomic mass is 16.6. The van der Waals surface area contributed by atoms with Gasteiger partial charge in [0.1, 0.15) is 25.5 Å². The van der Waals surface area contributed by atoms with E-state index in [4.69, 9.17) is 13.9 Å². The van der Waals surface area contributed by atoms with Crippen LogP contribution in [-0.2, 0) is 6.54 Å². The molecular formula is C16H14N4O4. The van der Waals surface area contributed by atoms with Crippen LogP contribution in [0.25, 0.3) is 11.6 Å². The van der Waals surface area contributed by atoms with Gasteiger partial charge in [0.25, 0.3) is 0 Å². The number of carbonyl (C=O) groups is 1. The van der Waals surface area contributed by atoms with E-state index >= 15 is 0 Å². The van der Waals surface area contributed by atoms with Crippen molar-refractivity contribution >= 4 is 5.78 Å². The van der Waals surface area contributed by atoms with E-state index < -0.39 is 0 Å². The molecule has 0 saturated heterocycles. The summed E-state index contributed by atoms with van der Waals surface area (Å²) in [4.78, 5) is 13.6. The van der Waals surface area contributed by atoms with Gasteiger partial charge in [0, 0.05) is 5.56 Å². The van der Waals surface area contributed by atoms with Gasteiger partial charge in [-0.2, -0.15) is 4.80 Å². The van der Waals surface area contributed by atoms with E-state index in [1.165, 1.54) is 4.80 Å². The van der Waals surface area contributed by atoms with E-state index in [2.05, 4.69) is 15.4 Å². The van der Waals surface area contributed by atoms with Crippen molar-refractivity contribution in [2.75, 3.05) is 13.2 Å². The number of hydrogen-bond donors (Lipinski definition) is 0. The molecule has 0 N–H and O–H groups in total. The molecule has 4 rings (SSSR count). The summed E-state index contributed by atoms with van der Waals surface area (Å²) in [7, 11) is 0. The first-order valence-corrected chi connectivity index (χ1v) is 7.46. The molecule has 3 heterocycles. The lowest BCUT2D eigenvalue weighted by Crippen LogP contribution is -2.17. The standard InChI is InChI=1S/C16H14N4O4/c1-10-2-4-14(24-10)16-17-19-20(18-16)9-12(21)11-3-5-13-15(8-11)23-7-6-22-13/h2-5,8H,6-7,9H2,1H3. The van der Waals surface area contributed by atoms with Crippen molar-refractivity contribution in [3.05, 3.63) is 41.7 Å². The molecule has 8 heteroatoms. The Morgan fingerprint density at radius 3 is 2.79 bits per heavy atom. The molecule has 1 aromatic carbocycles. The van der Waals surface area contributed by atoms with Crippen molar-refractivity contribution in [2.24, 2.45) is 0 Å². The molecule has 24 heavy (non-hydrogen) atoms. The Morgan fingerprint density at radius 1 is 1.17 bits per heavy atom. The van der Waals surface area contributed by atoms with Crippen molar-refractivity contribution in [1.82, 2.24) is 20.2 Å². The van der Waals surface area contributed by atoms with E-state index in [0.29, 0.717) is 41.9 Å². The van der Waals surface area contributed by atoms with E-state index in [9.17, 15) is 4.79 Å². The van der Waals surface area contributed by atoms with Crippen LogP contribution in [0.1, 0.15) is 16.1 Å². The number of ketones is 1. The van der Waals surface area contributed by atoms with Gasteiger partial charge >= 0.3 is 0 Å². The fraction of sp³-hybridized carbons (Fsp3) is 0.250. The van der Waals surface area contributed by atoms with Gasteiger partial charge in [0.15, 0.2) is 23.0 Å². The maximum Gasteiger partial charge on any atom is 0.240 e. The lowest BCUT2D eigenvalue weighted by Gasteiger charge is -2.18. The van der Waals surface area contributed by atoms with Crippen molar-refractivity contribution in [3.63, 3.8) is 0 Å². The zero-order chi connectivity index (χ0) is 16.5. The lowest BCUT2D eigenvalue weighted by molar-refractivity contribution is 0.0960. The van der Waals surface area contributed by atoms with Gasteiger partial charge in [-0.1, -0.05) is 0 Å². The monoisotopic (exact) mass is 326 g/mol. The highest BCUT2D eigenvalue weighted by Gasteiger charge is 2.17. The van der Waals surface area contributed by atoms with Crippen LogP contribution >= 0.6 is 0 Å². The van der Waals surface area contributed by atoms with Crippen molar-refractivity contribution < 1.29 is 18.7 Å². The largest absolute Gasteiger partial charge is 0.486 e. The molecule has 0 radical (unpaired) electrons. The third-order valence-corrected chi connectivity index (χ3v) is 3.56. The summed E-state index contributed by atoms with van der Waals surface area (Å²) in [5.41, 5.74) is 0.506. The number of tetrazole rings is 1. The van der Waals surface area contributed by atoms with Crippen LogP contribution in [0.2, 0.25) is 0 Å². The van der Waals surface area contributed by atoms with Crippen LogP contribution in [0.4, 0.5) is 0 Å². The number of hydrogen-bond acceptors (Lipinski definition) is 7. The molecule has 0 saturated carbocycles. The Labute approximate surface area is 137 Å². The van der Waals surface area contributed by atoms with Gasteiger partial charge in [-0.3, -0.25) is 4.79 Å². The molecule has 1 aliphatic rings. The molecule has 0 amide bonds.